The minimum Gasteiger partial charge on any atom is -0.497 e. The molecule has 0 aliphatic heterocycles. The van der Waals surface area contributed by atoms with Gasteiger partial charge in [-0.2, -0.15) is 0 Å². The molecule has 0 amide bonds. The summed E-state index contributed by atoms with van der Waals surface area (Å²) < 4.78 is 5.16. The molecule has 4 nitrogen and oxygen atoms in total. The highest BCUT2D eigenvalue weighted by molar-refractivity contribution is 5.80. The second-order valence-electron chi connectivity index (χ2n) is 5.31. The summed E-state index contributed by atoms with van der Waals surface area (Å²) in [6, 6.07) is 8.69. The summed E-state index contributed by atoms with van der Waals surface area (Å²) in [7, 11) is 3.50. The van der Waals surface area contributed by atoms with Gasteiger partial charge in [0, 0.05) is 19.6 Å². The van der Waals surface area contributed by atoms with Gasteiger partial charge in [0.1, 0.15) is 5.75 Å². The molecule has 0 saturated heterocycles. The maximum atomic E-state index is 5.16. The van der Waals surface area contributed by atoms with Gasteiger partial charge in [-0.1, -0.05) is 25.5 Å². The molecule has 2 rings (SSSR count). The Kier molecular flexibility index (Phi) is 5.27. The summed E-state index contributed by atoms with van der Waals surface area (Å²) >= 11 is 0. The van der Waals surface area contributed by atoms with Crippen LogP contribution < -0.4 is 15.4 Å². The summed E-state index contributed by atoms with van der Waals surface area (Å²) in [5.41, 5.74) is 1.22. The molecule has 2 atom stereocenters. The van der Waals surface area contributed by atoms with E-state index in [1.807, 2.05) is 19.2 Å². The third-order valence-electron chi connectivity index (χ3n) is 3.75. The van der Waals surface area contributed by atoms with Gasteiger partial charge in [0.2, 0.25) is 0 Å². The fourth-order valence-electron chi connectivity index (χ4n) is 2.41. The van der Waals surface area contributed by atoms with Crippen LogP contribution in [0.15, 0.2) is 29.3 Å². The highest BCUT2D eigenvalue weighted by atomic mass is 16.5. The number of guanidine groups is 1. The van der Waals surface area contributed by atoms with Gasteiger partial charge < -0.3 is 15.4 Å². The first-order chi connectivity index (χ1) is 9.76. The maximum Gasteiger partial charge on any atom is 0.191 e. The van der Waals surface area contributed by atoms with Crippen LogP contribution in [0.2, 0.25) is 0 Å². The predicted molar refractivity (Wildman–Crippen MR) is 83.1 cm³/mol. The second-order valence-corrected chi connectivity index (χ2v) is 5.31. The SMILES string of the molecule is CCCC1CC1NC(=NC)NCc1ccc(OC)cc1. The number of nitrogens with zero attached hydrogens (tertiary/aromatic N) is 1. The Morgan fingerprint density at radius 3 is 2.70 bits per heavy atom. The van der Waals surface area contributed by atoms with Crippen molar-refractivity contribution < 1.29 is 4.74 Å². The molecule has 1 saturated carbocycles. The lowest BCUT2D eigenvalue weighted by Gasteiger charge is -2.12. The smallest absolute Gasteiger partial charge is 0.191 e. The first-order valence-corrected chi connectivity index (χ1v) is 7.37. The van der Waals surface area contributed by atoms with Crippen molar-refractivity contribution in [3.63, 3.8) is 0 Å². The quantitative estimate of drug-likeness (QED) is 0.619. The summed E-state index contributed by atoms with van der Waals surface area (Å²) in [6.45, 7) is 3.01. The van der Waals surface area contributed by atoms with Crippen LogP contribution in [0.1, 0.15) is 31.7 Å². The minimum absolute atomic E-state index is 0.608. The largest absolute Gasteiger partial charge is 0.497 e. The van der Waals surface area contributed by atoms with Gasteiger partial charge >= 0.3 is 0 Å². The fraction of sp³-hybridized carbons (Fsp3) is 0.562. The number of aliphatic imine (C=N–C) groups is 1. The molecule has 0 spiro atoms. The van der Waals surface area contributed by atoms with Crippen LogP contribution >= 0.6 is 0 Å². The molecule has 0 aromatic heterocycles. The molecule has 1 aliphatic rings. The van der Waals surface area contributed by atoms with E-state index < -0.39 is 0 Å². The van der Waals surface area contributed by atoms with Crippen LogP contribution in [0.25, 0.3) is 0 Å². The Morgan fingerprint density at radius 1 is 1.35 bits per heavy atom. The van der Waals surface area contributed by atoms with E-state index in [2.05, 4.69) is 34.7 Å². The highest BCUT2D eigenvalue weighted by Crippen LogP contribution is 2.34. The van der Waals surface area contributed by atoms with E-state index in [4.69, 9.17) is 4.74 Å². The molecule has 1 aliphatic carbocycles. The summed E-state index contributed by atoms with van der Waals surface area (Å²) in [5, 5.41) is 6.84. The third kappa shape index (κ3) is 4.15. The molecule has 1 fully saturated rings. The lowest BCUT2D eigenvalue weighted by molar-refractivity contribution is 0.414. The molecule has 110 valence electrons. The van der Waals surface area contributed by atoms with Gasteiger partial charge in [0.05, 0.1) is 7.11 Å². The number of rotatable bonds is 6. The van der Waals surface area contributed by atoms with E-state index in [1.54, 1.807) is 7.11 Å². The van der Waals surface area contributed by atoms with Crippen molar-refractivity contribution in [3.05, 3.63) is 29.8 Å². The second kappa shape index (κ2) is 7.17. The van der Waals surface area contributed by atoms with Crippen LogP contribution in [-0.2, 0) is 6.54 Å². The first kappa shape index (κ1) is 14.7. The third-order valence-corrected chi connectivity index (χ3v) is 3.75. The van der Waals surface area contributed by atoms with E-state index >= 15 is 0 Å². The summed E-state index contributed by atoms with van der Waals surface area (Å²) in [5.74, 6) is 2.61. The zero-order valence-corrected chi connectivity index (χ0v) is 12.6. The predicted octanol–water partition coefficient (Wildman–Crippen LogP) is 2.55. The van der Waals surface area contributed by atoms with Gasteiger partial charge in [0.15, 0.2) is 5.96 Å². The average molecular weight is 275 g/mol. The zero-order chi connectivity index (χ0) is 14.4. The van der Waals surface area contributed by atoms with E-state index in [1.165, 1.54) is 24.8 Å². The molecule has 0 heterocycles. The Morgan fingerprint density at radius 2 is 2.10 bits per heavy atom. The number of hydrogen-bond donors (Lipinski definition) is 2. The van der Waals surface area contributed by atoms with Crippen LogP contribution in [0.4, 0.5) is 0 Å². The van der Waals surface area contributed by atoms with Crippen molar-refractivity contribution in [3.8, 4) is 5.75 Å². The van der Waals surface area contributed by atoms with Gasteiger partial charge in [-0.15, -0.1) is 0 Å². The number of benzene rings is 1. The van der Waals surface area contributed by atoms with Crippen molar-refractivity contribution >= 4 is 5.96 Å². The van der Waals surface area contributed by atoms with Crippen LogP contribution in [0.3, 0.4) is 0 Å². The van der Waals surface area contributed by atoms with Crippen molar-refractivity contribution in [1.82, 2.24) is 10.6 Å². The molecule has 20 heavy (non-hydrogen) atoms. The van der Waals surface area contributed by atoms with Crippen molar-refractivity contribution in [2.75, 3.05) is 14.2 Å². The molecular formula is C16H25N3O. The van der Waals surface area contributed by atoms with Gasteiger partial charge in [0.25, 0.3) is 0 Å². The number of nitrogens with one attached hydrogen (secondary N) is 2. The lowest BCUT2D eigenvalue weighted by atomic mass is 10.2. The van der Waals surface area contributed by atoms with E-state index in [-0.39, 0.29) is 0 Å². The number of ether oxygens (including phenoxy) is 1. The standard InChI is InChI=1S/C16H25N3O/c1-4-5-13-10-15(13)19-16(17-2)18-11-12-6-8-14(20-3)9-7-12/h6-9,13,15H,4-5,10-11H2,1-3H3,(H2,17,18,19). The van der Waals surface area contributed by atoms with Gasteiger partial charge in [-0.3, -0.25) is 4.99 Å². The van der Waals surface area contributed by atoms with Crippen LogP contribution in [0.5, 0.6) is 5.75 Å². The van der Waals surface area contributed by atoms with Gasteiger partial charge in [-0.05, 0) is 36.5 Å². The van der Waals surface area contributed by atoms with E-state index in [0.717, 1.165) is 24.2 Å². The van der Waals surface area contributed by atoms with E-state index in [9.17, 15) is 0 Å². The van der Waals surface area contributed by atoms with E-state index in [0.29, 0.717) is 6.04 Å². The van der Waals surface area contributed by atoms with Gasteiger partial charge in [-0.25, -0.2) is 0 Å². The molecular weight excluding hydrogens is 250 g/mol. The summed E-state index contributed by atoms with van der Waals surface area (Å²) in [6.07, 6.45) is 3.85. The molecule has 4 heteroatoms. The number of methoxy groups -OCH3 is 1. The van der Waals surface area contributed by atoms with Crippen molar-refractivity contribution in [2.24, 2.45) is 10.9 Å². The topological polar surface area (TPSA) is 45.7 Å². The zero-order valence-electron chi connectivity index (χ0n) is 12.6. The fourth-order valence-corrected chi connectivity index (χ4v) is 2.41. The molecule has 1 aromatic carbocycles. The van der Waals surface area contributed by atoms with Crippen molar-refractivity contribution in [2.45, 2.75) is 38.8 Å². The Labute approximate surface area is 121 Å². The molecule has 0 bridgehead atoms. The Hall–Kier alpha value is -1.71. The average Bonchev–Trinajstić information content (AvgIpc) is 3.22. The molecule has 1 aromatic rings. The monoisotopic (exact) mass is 275 g/mol. The lowest BCUT2D eigenvalue weighted by Crippen LogP contribution is -2.38. The highest BCUT2D eigenvalue weighted by Gasteiger charge is 2.36. The molecule has 0 radical (unpaired) electrons. The number of hydrogen-bond acceptors (Lipinski definition) is 2. The first-order valence-electron chi connectivity index (χ1n) is 7.37. The molecule has 2 unspecified atom stereocenters. The van der Waals surface area contributed by atoms with Crippen LogP contribution in [0, 0.1) is 5.92 Å². The Bertz CT molecular complexity index is 442. The maximum absolute atomic E-state index is 5.16. The summed E-state index contributed by atoms with van der Waals surface area (Å²) in [4.78, 5) is 4.28. The Balaban J connectivity index is 1.76. The van der Waals surface area contributed by atoms with Crippen molar-refractivity contribution in [1.29, 1.82) is 0 Å². The van der Waals surface area contributed by atoms with Crippen LogP contribution in [-0.4, -0.2) is 26.2 Å². The molecule has 2 N–H and O–H groups in total. The minimum atomic E-state index is 0.608. The normalized spacial score (nSPS) is 21.4.